The Kier molecular flexibility index (Phi) is 25.3. The minimum Gasteiger partial charge on any atom is -2.00 e. The van der Waals surface area contributed by atoms with Crippen LogP contribution in [0, 0.1) is 0 Å². The number of aliphatic imine (C=N–C) groups is 4. The maximum absolute atomic E-state index is 13.5. The molecule has 0 aromatic heterocycles. The quantitative estimate of drug-likeness (QED) is 0.126. The Balaban J connectivity index is 0.000000547. The number of rotatable bonds is 8. The monoisotopic (exact) mass is 1160 g/mol. The molecule has 0 bridgehead atoms. The fourth-order valence-corrected chi connectivity index (χ4v) is 10.5. The molecule has 4 aromatic carbocycles. The third-order valence-electron chi connectivity index (χ3n) is 16.2. The number of hydrogen-bond donors (Lipinski definition) is 0. The van der Waals surface area contributed by atoms with Gasteiger partial charge in [-0.2, -0.15) is 0 Å². The van der Waals surface area contributed by atoms with Crippen molar-refractivity contribution in [2.45, 2.75) is 285 Å². The predicted octanol–water partition coefficient (Wildman–Crippen LogP) is 14.9. The van der Waals surface area contributed by atoms with Gasteiger partial charge in [0.1, 0.15) is 0 Å². The Hall–Kier alpha value is -4.22. The van der Waals surface area contributed by atoms with Gasteiger partial charge in [0.25, 0.3) is 0 Å². The molecule has 0 N–H and O–H groups in total. The van der Waals surface area contributed by atoms with Crippen LogP contribution in [0.25, 0.3) is 0 Å². The second-order valence-electron chi connectivity index (χ2n) is 31.7. The van der Waals surface area contributed by atoms with Crippen molar-refractivity contribution in [3.05, 3.63) is 115 Å². The summed E-state index contributed by atoms with van der Waals surface area (Å²) in [5, 5.41) is 53.9. The Morgan fingerprint density at radius 1 is 0.289 bits per heavy atom. The summed E-state index contributed by atoms with van der Waals surface area (Å²) in [5.74, 6) is 0.240. The van der Waals surface area contributed by atoms with E-state index in [2.05, 4.69) is 190 Å². The fourth-order valence-electron chi connectivity index (χ4n) is 10.5. The van der Waals surface area contributed by atoms with E-state index in [1.165, 1.54) is 0 Å². The van der Waals surface area contributed by atoms with Crippen molar-refractivity contribution in [1.82, 2.24) is 0 Å². The molecule has 0 aliphatic heterocycles. The van der Waals surface area contributed by atoms with Crippen LogP contribution >= 0.6 is 0 Å². The number of hydrogen-bond acceptors (Lipinski definition) is 8. The molecule has 2 aliphatic rings. The van der Waals surface area contributed by atoms with E-state index in [0.29, 0.717) is 22.3 Å². The second kappa shape index (κ2) is 28.1. The van der Waals surface area contributed by atoms with E-state index in [0.717, 1.165) is 95.9 Å². The maximum atomic E-state index is 13.5. The smallest absolute Gasteiger partial charge is 2.00 e. The normalized spacial score (nSPS) is 18.9. The molecule has 0 amide bonds. The summed E-state index contributed by atoms with van der Waals surface area (Å²) in [6.45, 7) is 51.2. The molecule has 0 saturated heterocycles. The van der Waals surface area contributed by atoms with Gasteiger partial charge in [0.15, 0.2) is 0 Å². The van der Waals surface area contributed by atoms with Gasteiger partial charge in [-0.15, -0.1) is 0 Å². The van der Waals surface area contributed by atoms with Gasteiger partial charge in [-0.3, -0.25) is 20.0 Å². The van der Waals surface area contributed by atoms with Gasteiger partial charge < -0.3 is 25.9 Å². The average Bonchev–Trinajstić information content (AvgIpc) is 3.30. The first-order valence-electron chi connectivity index (χ1n) is 30.0. The third-order valence-corrected chi connectivity index (χ3v) is 16.2. The summed E-state index contributed by atoms with van der Waals surface area (Å²) in [6, 6.07) is 16.3. The van der Waals surface area contributed by atoms with Crippen molar-refractivity contribution in [2.75, 3.05) is 0 Å². The molecule has 4 aromatic rings. The molecule has 6 rings (SSSR count). The van der Waals surface area contributed by atoms with Crippen LogP contribution in [0.3, 0.4) is 0 Å². The predicted molar refractivity (Wildman–Crippen MR) is 348 cm³/mol. The summed E-state index contributed by atoms with van der Waals surface area (Å²) in [5.41, 5.74) is 9.24. The molecule has 448 valence electrons. The Labute approximate surface area is 525 Å². The standard InChI is InChI=1S/2C36H54N2O2.2Al.O/c2*1-33(2,3)25-17-23(31(39)27(19-25)35(7,8)9)21-37-29-15-13-14-16-30(29)38-22-24-18-26(34(4,5)6)20-28(32(24)40)36(10,11)12;;;/h2*17-22,29-30,39-40H,13-16H2,1-12H3;;;/q;;2*+3;-2/p-4/t2*29-,30-;;;/m11.../s1. The van der Waals surface area contributed by atoms with E-state index in [-0.39, 0.29) is 131 Å². The second-order valence-corrected chi connectivity index (χ2v) is 31.7. The summed E-state index contributed by atoms with van der Waals surface area (Å²) in [6.07, 6.45) is 15.3. The first-order valence-corrected chi connectivity index (χ1v) is 30.0. The molecule has 2 aliphatic carbocycles. The minimum atomic E-state index is -0.248. The molecule has 0 spiro atoms. The van der Waals surface area contributed by atoms with Gasteiger partial charge in [0, 0.05) is 24.9 Å². The van der Waals surface area contributed by atoms with Crippen molar-refractivity contribution < 1.29 is 25.9 Å². The summed E-state index contributed by atoms with van der Waals surface area (Å²) in [7, 11) is 0. The van der Waals surface area contributed by atoms with Crippen molar-refractivity contribution in [2.24, 2.45) is 20.0 Å². The van der Waals surface area contributed by atoms with E-state index in [4.69, 9.17) is 20.0 Å². The molecule has 4 atom stereocenters. The zero-order valence-corrected chi connectivity index (χ0v) is 58.2. The molecule has 11 heteroatoms. The Morgan fingerprint density at radius 3 is 0.578 bits per heavy atom. The average molecular weight is 1160 g/mol. The van der Waals surface area contributed by atoms with Gasteiger partial charge >= 0.3 is 34.7 Å². The largest absolute Gasteiger partial charge is 3.00 e. The molecular formula is C72H104Al2N4O5. The fraction of sp³-hybridized carbons (Fsp3) is 0.611. The molecule has 0 radical (unpaired) electrons. The van der Waals surface area contributed by atoms with Gasteiger partial charge in [-0.05, 0) is 136 Å². The number of benzene rings is 4. The van der Waals surface area contributed by atoms with E-state index in [9.17, 15) is 20.4 Å². The van der Waals surface area contributed by atoms with E-state index in [1.54, 1.807) is 24.9 Å². The van der Waals surface area contributed by atoms with Gasteiger partial charge in [-0.25, -0.2) is 0 Å². The van der Waals surface area contributed by atoms with Gasteiger partial charge in [0.2, 0.25) is 0 Å². The van der Waals surface area contributed by atoms with Crippen LogP contribution in [0.1, 0.15) is 284 Å². The SMILES string of the molecule is CC(C)(C)c1cc(C=N[C@@H]2CCCC[C@H]2N=Cc2cc(C(C)(C)C)cc(C(C)(C)C)c2[O-])c([O-])c(C(C)(C)C)c1.CC(C)(C)c1cc(C=N[C@@H]2CCCC[C@H]2N=Cc2cc(C(C)(C)C)cc(C(C)(C)C)c2[O-])c([O-])c(C(C)(C)C)c1.[Al+3].[Al+3].[O-2]. The molecule has 2 fully saturated rings. The number of nitrogens with zero attached hydrogens (tertiary/aromatic N) is 4. The molecule has 2 saturated carbocycles. The minimum absolute atomic E-state index is 0. The van der Waals surface area contributed by atoms with E-state index >= 15 is 0 Å². The van der Waals surface area contributed by atoms with Crippen LogP contribution in [0.2, 0.25) is 0 Å². The molecule has 83 heavy (non-hydrogen) atoms. The van der Waals surface area contributed by atoms with Crippen LogP contribution in [0.5, 0.6) is 23.0 Å². The molecule has 0 unspecified atom stereocenters. The topological polar surface area (TPSA) is 170 Å². The maximum Gasteiger partial charge on any atom is 3.00 e. The van der Waals surface area contributed by atoms with Crippen molar-refractivity contribution in [3.8, 4) is 23.0 Å². The summed E-state index contributed by atoms with van der Waals surface area (Å²) in [4.78, 5) is 19.9. The zero-order chi connectivity index (χ0) is 60.5. The summed E-state index contributed by atoms with van der Waals surface area (Å²) >= 11 is 0. The first-order chi connectivity index (χ1) is 36.4. The molecule has 9 nitrogen and oxygen atoms in total. The van der Waals surface area contributed by atoms with Crippen molar-refractivity contribution in [1.29, 1.82) is 0 Å². The van der Waals surface area contributed by atoms with Crippen LogP contribution in [0.15, 0.2) is 68.5 Å². The molecule has 0 heterocycles. The first kappa shape index (κ1) is 74.9. The van der Waals surface area contributed by atoms with Crippen LogP contribution in [-0.4, -0.2) is 83.7 Å². The summed E-state index contributed by atoms with van der Waals surface area (Å²) < 4.78 is 0. The van der Waals surface area contributed by atoms with Gasteiger partial charge in [-0.1, -0.05) is 263 Å². The zero-order valence-electron chi connectivity index (χ0n) is 55.9. The Bertz CT molecular complexity index is 2530. The van der Waals surface area contributed by atoms with Crippen molar-refractivity contribution in [3.63, 3.8) is 0 Å². The van der Waals surface area contributed by atoms with Gasteiger partial charge in [0.05, 0.1) is 24.2 Å². The van der Waals surface area contributed by atoms with Crippen LogP contribution in [0.4, 0.5) is 0 Å². The van der Waals surface area contributed by atoms with Crippen LogP contribution in [-0.2, 0) is 48.8 Å². The third kappa shape index (κ3) is 19.9. The van der Waals surface area contributed by atoms with E-state index in [1.807, 2.05) is 24.3 Å². The molecular weight excluding hydrogens is 1050 g/mol. The Morgan fingerprint density at radius 2 is 0.446 bits per heavy atom. The van der Waals surface area contributed by atoms with Crippen molar-refractivity contribution >= 4 is 59.6 Å². The van der Waals surface area contributed by atoms with Crippen LogP contribution < -0.4 is 20.4 Å². The van der Waals surface area contributed by atoms with E-state index < -0.39 is 0 Å².